The molecule has 0 unspecified atom stereocenters. The van der Waals surface area contributed by atoms with E-state index in [1.165, 1.54) is 6.08 Å². The zero-order valence-electron chi connectivity index (χ0n) is 15.8. The number of phenols is 1. The minimum atomic E-state index is -0.445. The molecule has 0 aliphatic heterocycles. The number of allylic oxidation sites excluding steroid dienone is 2. The van der Waals surface area contributed by atoms with Gasteiger partial charge in [0.25, 0.3) is 5.91 Å². The number of methoxy groups -OCH3 is 2. The molecule has 2 aromatic rings. The number of phenolic OH excluding ortho intramolecular Hbond substituents is 1. The number of nitrogens with zero attached hydrogens (tertiary/aromatic N) is 1. The molecule has 0 saturated heterocycles. The van der Waals surface area contributed by atoms with E-state index in [1.54, 1.807) is 56.7 Å². The first-order chi connectivity index (χ1) is 13.6. The summed E-state index contributed by atoms with van der Waals surface area (Å²) in [4.78, 5) is 12.2. The first-order valence-corrected chi connectivity index (χ1v) is 8.64. The number of para-hydroxylation sites is 1. The first kappa shape index (κ1) is 20.6. The quantitative estimate of drug-likeness (QED) is 0.418. The average molecular weight is 378 g/mol. The van der Waals surface area contributed by atoms with Gasteiger partial charge in [-0.15, -0.1) is 0 Å². The number of ether oxygens (including phenoxy) is 2. The second-order valence-electron chi connectivity index (χ2n) is 5.80. The maximum Gasteiger partial charge on any atom is 0.261 e. The lowest BCUT2D eigenvalue weighted by molar-refractivity contribution is -0.117. The molecule has 0 atom stereocenters. The molecule has 28 heavy (non-hydrogen) atoms. The van der Waals surface area contributed by atoms with Gasteiger partial charge in [0.1, 0.15) is 17.4 Å². The van der Waals surface area contributed by atoms with Crippen molar-refractivity contribution in [2.45, 2.75) is 6.42 Å². The van der Waals surface area contributed by atoms with Crippen LogP contribution in [0.2, 0.25) is 0 Å². The lowest BCUT2D eigenvalue weighted by Gasteiger charge is -2.12. The Balaban J connectivity index is 1.95. The number of hydrogen-bond acceptors (Lipinski definition) is 5. The number of hydrogen-bond donors (Lipinski definition) is 2. The van der Waals surface area contributed by atoms with Gasteiger partial charge in [-0.2, -0.15) is 5.26 Å². The molecule has 0 radical (unpaired) electrons. The van der Waals surface area contributed by atoms with E-state index in [4.69, 9.17) is 9.47 Å². The predicted octanol–water partition coefficient (Wildman–Crippen LogP) is 3.23. The van der Waals surface area contributed by atoms with Crippen molar-refractivity contribution in [3.63, 3.8) is 0 Å². The molecule has 0 saturated carbocycles. The Morgan fingerprint density at radius 1 is 1.18 bits per heavy atom. The van der Waals surface area contributed by atoms with E-state index < -0.39 is 5.91 Å². The number of amides is 1. The molecule has 2 rings (SSSR count). The fourth-order valence-corrected chi connectivity index (χ4v) is 2.56. The van der Waals surface area contributed by atoms with E-state index in [2.05, 4.69) is 5.32 Å². The van der Waals surface area contributed by atoms with E-state index in [1.807, 2.05) is 18.2 Å². The maximum atomic E-state index is 12.2. The standard InChI is InChI=1S/C22H22N2O4/c1-27-20-8-4-6-17(21(20)28-2)13-14-24-22(26)18(15-23)7-3-5-16-9-11-19(25)12-10-16/h3-12,25H,13-14H2,1-2H3,(H,24,26). The lowest BCUT2D eigenvalue weighted by Crippen LogP contribution is -2.26. The molecule has 0 fully saturated rings. The van der Waals surface area contributed by atoms with Gasteiger partial charge < -0.3 is 19.9 Å². The minimum absolute atomic E-state index is 0.00707. The molecule has 6 nitrogen and oxygen atoms in total. The van der Waals surface area contributed by atoms with Crippen LogP contribution in [0.3, 0.4) is 0 Å². The summed E-state index contributed by atoms with van der Waals surface area (Å²) in [6.07, 6.45) is 5.35. The van der Waals surface area contributed by atoms with Crippen molar-refractivity contribution >= 4 is 12.0 Å². The van der Waals surface area contributed by atoms with E-state index in [0.29, 0.717) is 24.5 Å². The molecule has 2 N–H and O–H groups in total. The number of benzene rings is 2. The van der Waals surface area contributed by atoms with Gasteiger partial charge >= 0.3 is 0 Å². The van der Waals surface area contributed by atoms with Crippen LogP contribution in [-0.2, 0) is 11.2 Å². The number of nitriles is 1. The zero-order chi connectivity index (χ0) is 20.4. The highest BCUT2D eigenvalue weighted by molar-refractivity contribution is 5.97. The molecule has 2 aromatic carbocycles. The fraction of sp³-hybridized carbons (Fsp3) is 0.182. The highest BCUT2D eigenvalue weighted by Gasteiger charge is 2.11. The second kappa shape index (κ2) is 10.4. The highest BCUT2D eigenvalue weighted by atomic mass is 16.5. The van der Waals surface area contributed by atoms with Gasteiger partial charge in [-0.1, -0.05) is 36.4 Å². The summed E-state index contributed by atoms with van der Waals surface area (Å²) in [5.74, 6) is 0.993. The van der Waals surface area contributed by atoms with Gasteiger partial charge in [0, 0.05) is 6.54 Å². The maximum absolute atomic E-state index is 12.2. The second-order valence-corrected chi connectivity index (χ2v) is 5.80. The summed E-state index contributed by atoms with van der Waals surface area (Å²) in [6, 6.07) is 14.0. The first-order valence-electron chi connectivity index (χ1n) is 8.64. The smallest absolute Gasteiger partial charge is 0.261 e. The Morgan fingerprint density at radius 3 is 2.57 bits per heavy atom. The Labute approximate surface area is 164 Å². The molecule has 0 aliphatic rings. The van der Waals surface area contributed by atoms with Crippen LogP contribution >= 0.6 is 0 Å². The zero-order valence-corrected chi connectivity index (χ0v) is 15.8. The normalized spacial score (nSPS) is 11.1. The topological polar surface area (TPSA) is 91.6 Å². The monoisotopic (exact) mass is 378 g/mol. The highest BCUT2D eigenvalue weighted by Crippen LogP contribution is 2.30. The van der Waals surface area contributed by atoms with Crippen LogP contribution in [0.25, 0.3) is 6.08 Å². The number of carbonyl (C=O) groups excluding carboxylic acids is 1. The van der Waals surface area contributed by atoms with Gasteiger partial charge in [-0.25, -0.2) is 0 Å². The molecule has 0 heterocycles. The molecule has 0 aromatic heterocycles. The van der Waals surface area contributed by atoms with Crippen molar-refractivity contribution in [1.82, 2.24) is 5.32 Å². The number of carbonyl (C=O) groups is 1. The van der Waals surface area contributed by atoms with E-state index in [0.717, 1.165) is 11.1 Å². The Morgan fingerprint density at radius 2 is 1.93 bits per heavy atom. The number of aromatic hydroxyl groups is 1. The Kier molecular flexibility index (Phi) is 7.67. The lowest BCUT2D eigenvalue weighted by atomic mass is 10.1. The molecule has 0 aliphatic carbocycles. The predicted molar refractivity (Wildman–Crippen MR) is 107 cm³/mol. The summed E-state index contributed by atoms with van der Waals surface area (Å²) in [5.41, 5.74) is 1.75. The van der Waals surface area contributed by atoms with Crippen molar-refractivity contribution in [3.8, 4) is 23.3 Å². The van der Waals surface area contributed by atoms with Crippen molar-refractivity contribution in [2.75, 3.05) is 20.8 Å². The largest absolute Gasteiger partial charge is 0.508 e. The van der Waals surface area contributed by atoms with Crippen LogP contribution in [0, 0.1) is 11.3 Å². The number of rotatable bonds is 8. The van der Waals surface area contributed by atoms with Gasteiger partial charge in [-0.05, 0) is 41.8 Å². The van der Waals surface area contributed by atoms with E-state index >= 15 is 0 Å². The van der Waals surface area contributed by atoms with Crippen molar-refractivity contribution in [1.29, 1.82) is 5.26 Å². The summed E-state index contributed by atoms with van der Waals surface area (Å²) < 4.78 is 10.6. The van der Waals surface area contributed by atoms with Crippen LogP contribution in [-0.4, -0.2) is 31.8 Å². The van der Waals surface area contributed by atoms with Gasteiger partial charge in [0.2, 0.25) is 0 Å². The molecule has 0 bridgehead atoms. The van der Waals surface area contributed by atoms with E-state index in [9.17, 15) is 15.2 Å². The van der Waals surface area contributed by atoms with Crippen LogP contribution in [0.5, 0.6) is 17.2 Å². The third-order valence-electron chi connectivity index (χ3n) is 3.97. The molecule has 6 heteroatoms. The molecule has 1 amide bonds. The summed E-state index contributed by atoms with van der Waals surface area (Å²) in [6.45, 7) is 0.350. The van der Waals surface area contributed by atoms with Gasteiger partial charge in [0.05, 0.1) is 14.2 Å². The third-order valence-corrected chi connectivity index (χ3v) is 3.97. The minimum Gasteiger partial charge on any atom is -0.508 e. The molecular weight excluding hydrogens is 356 g/mol. The van der Waals surface area contributed by atoms with Crippen molar-refractivity contribution < 1.29 is 19.4 Å². The molecule has 0 spiro atoms. The number of nitrogens with one attached hydrogen (secondary N) is 1. The summed E-state index contributed by atoms with van der Waals surface area (Å²) >= 11 is 0. The van der Waals surface area contributed by atoms with Crippen LogP contribution in [0.4, 0.5) is 0 Å². The van der Waals surface area contributed by atoms with Crippen molar-refractivity contribution in [2.24, 2.45) is 0 Å². The Bertz CT molecular complexity index is 909. The SMILES string of the molecule is COc1cccc(CCNC(=O)C(C#N)=CC=Cc2ccc(O)cc2)c1OC. The average Bonchev–Trinajstić information content (AvgIpc) is 2.72. The van der Waals surface area contributed by atoms with Crippen LogP contribution in [0.1, 0.15) is 11.1 Å². The Hall–Kier alpha value is -3.72. The third kappa shape index (κ3) is 5.64. The van der Waals surface area contributed by atoms with Gasteiger partial charge in [0.15, 0.2) is 11.5 Å². The summed E-state index contributed by atoms with van der Waals surface area (Å²) in [5, 5.41) is 21.2. The molecule has 144 valence electrons. The van der Waals surface area contributed by atoms with Crippen LogP contribution < -0.4 is 14.8 Å². The molecular formula is C22H22N2O4. The van der Waals surface area contributed by atoms with Gasteiger partial charge in [-0.3, -0.25) is 4.79 Å². The van der Waals surface area contributed by atoms with Crippen LogP contribution in [0.15, 0.2) is 60.2 Å². The van der Waals surface area contributed by atoms with Crippen molar-refractivity contribution in [3.05, 3.63) is 71.3 Å². The van der Waals surface area contributed by atoms with E-state index in [-0.39, 0.29) is 11.3 Å². The fourth-order valence-electron chi connectivity index (χ4n) is 2.56. The summed E-state index contributed by atoms with van der Waals surface area (Å²) in [7, 11) is 3.13.